The van der Waals surface area contributed by atoms with Crippen LogP contribution in [-0.4, -0.2) is 28.1 Å². The van der Waals surface area contributed by atoms with Crippen LogP contribution in [0, 0.1) is 5.92 Å². The normalized spacial score (nSPS) is 18.7. The molecule has 0 bridgehead atoms. The average molecular weight is 310 g/mol. The molecule has 5 nitrogen and oxygen atoms in total. The van der Waals surface area contributed by atoms with Gasteiger partial charge >= 0.3 is 0 Å². The molecule has 0 unspecified atom stereocenters. The van der Waals surface area contributed by atoms with E-state index in [1.807, 2.05) is 0 Å². The summed E-state index contributed by atoms with van der Waals surface area (Å²) in [5, 5.41) is 3.39. The molecule has 2 aliphatic rings. The quantitative estimate of drug-likeness (QED) is 0.766. The van der Waals surface area contributed by atoms with Crippen molar-refractivity contribution in [3.63, 3.8) is 0 Å². The van der Waals surface area contributed by atoms with Gasteiger partial charge in [0.05, 0.1) is 12.0 Å². The van der Waals surface area contributed by atoms with Crippen LogP contribution in [0.5, 0.6) is 5.75 Å². The summed E-state index contributed by atoms with van der Waals surface area (Å²) in [5.41, 5.74) is 0.888. The van der Waals surface area contributed by atoms with Gasteiger partial charge in [-0.25, -0.2) is 13.1 Å². The predicted octanol–water partition coefficient (Wildman–Crippen LogP) is 1.64. The van der Waals surface area contributed by atoms with Crippen molar-refractivity contribution in [3.05, 3.63) is 23.8 Å². The molecule has 2 aliphatic carbocycles. The molecule has 1 aromatic rings. The first-order valence-electron chi connectivity index (χ1n) is 7.48. The summed E-state index contributed by atoms with van der Waals surface area (Å²) in [6, 6.07) is 5.62. The maximum atomic E-state index is 12.3. The van der Waals surface area contributed by atoms with Crippen LogP contribution < -0.4 is 14.8 Å². The molecule has 2 N–H and O–H groups in total. The van der Waals surface area contributed by atoms with E-state index < -0.39 is 10.0 Å². The van der Waals surface area contributed by atoms with Crippen LogP contribution in [0.15, 0.2) is 23.1 Å². The highest BCUT2D eigenvalue weighted by atomic mass is 32.2. The summed E-state index contributed by atoms with van der Waals surface area (Å²) < 4.78 is 32.6. The maximum Gasteiger partial charge on any atom is 0.240 e. The molecule has 2 fully saturated rings. The predicted molar refractivity (Wildman–Crippen MR) is 80.8 cm³/mol. The summed E-state index contributed by atoms with van der Waals surface area (Å²) in [4.78, 5) is 0.316. The van der Waals surface area contributed by atoms with Gasteiger partial charge in [-0.15, -0.1) is 0 Å². The molecule has 0 atom stereocenters. The van der Waals surface area contributed by atoms with E-state index in [9.17, 15) is 8.42 Å². The van der Waals surface area contributed by atoms with Gasteiger partial charge in [0.15, 0.2) is 0 Å². The van der Waals surface area contributed by atoms with Gasteiger partial charge in [0, 0.05) is 24.7 Å². The maximum absolute atomic E-state index is 12.3. The van der Waals surface area contributed by atoms with E-state index in [1.165, 1.54) is 12.8 Å². The molecule has 2 saturated carbocycles. The molecule has 21 heavy (non-hydrogen) atoms. The summed E-state index contributed by atoms with van der Waals surface area (Å²) in [6.45, 7) is 1.18. The first kappa shape index (κ1) is 14.8. The third-order valence-electron chi connectivity index (χ3n) is 3.98. The van der Waals surface area contributed by atoms with E-state index in [0.29, 0.717) is 29.9 Å². The smallest absolute Gasteiger partial charge is 0.240 e. The minimum atomic E-state index is -3.42. The molecule has 3 rings (SSSR count). The SMILES string of the molecule is COc1ccc(S(=O)(=O)NCC2CC2)cc1CNC1CC1. The second-order valence-corrected chi connectivity index (χ2v) is 7.69. The molecular weight excluding hydrogens is 288 g/mol. The van der Waals surface area contributed by atoms with Crippen LogP contribution in [0.25, 0.3) is 0 Å². The standard InChI is InChI=1S/C15H22N2O3S/c1-20-15-7-6-14(8-12(15)10-16-13-4-5-13)21(18,19)17-9-11-2-3-11/h6-8,11,13,16-17H,2-5,9-10H2,1H3. The van der Waals surface area contributed by atoms with Crippen molar-refractivity contribution in [1.82, 2.24) is 10.0 Å². The van der Waals surface area contributed by atoms with E-state index in [4.69, 9.17) is 4.74 Å². The van der Waals surface area contributed by atoms with E-state index in [1.54, 1.807) is 25.3 Å². The largest absolute Gasteiger partial charge is 0.496 e. The average Bonchev–Trinajstić information content (AvgIpc) is 3.37. The van der Waals surface area contributed by atoms with Crippen LogP contribution >= 0.6 is 0 Å². The first-order valence-corrected chi connectivity index (χ1v) is 8.97. The molecule has 0 spiro atoms. The Morgan fingerprint density at radius 3 is 2.62 bits per heavy atom. The lowest BCUT2D eigenvalue weighted by Crippen LogP contribution is -2.26. The van der Waals surface area contributed by atoms with Crippen molar-refractivity contribution < 1.29 is 13.2 Å². The van der Waals surface area contributed by atoms with Crippen molar-refractivity contribution in [1.29, 1.82) is 0 Å². The van der Waals surface area contributed by atoms with Crippen molar-refractivity contribution in [2.24, 2.45) is 5.92 Å². The third-order valence-corrected chi connectivity index (χ3v) is 5.40. The molecule has 0 heterocycles. The molecule has 0 aliphatic heterocycles. The summed E-state index contributed by atoms with van der Waals surface area (Å²) in [7, 11) is -1.81. The fraction of sp³-hybridized carbons (Fsp3) is 0.600. The van der Waals surface area contributed by atoms with Crippen LogP contribution in [0.1, 0.15) is 31.2 Å². The Balaban J connectivity index is 1.74. The van der Waals surface area contributed by atoms with Gasteiger partial charge < -0.3 is 10.1 Å². The summed E-state index contributed by atoms with van der Waals surface area (Å²) in [6.07, 6.45) is 4.65. The van der Waals surface area contributed by atoms with Gasteiger partial charge in [0.1, 0.15) is 5.75 Å². The fourth-order valence-corrected chi connectivity index (χ4v) is 3.40. The molecule has 6 heteroatoms. The molecule has 1 aromatic carbocycles. The highest BCUT2D eigenvalue weighted by Gasteiger charge is 2.25. The third kappa shape index (κ3) is 3.96. The van der Waals surface area contributed by atoms with Crippen LogP contribution in [-0.2, 0) is 16.6 Å². The van der Waals surface area contributed by atoms with Gasteiger partial charge in [-0.1, -0.05) is 0 Å². The molecule has 0 aromatic heterocycles. The first-order chi connectivity index (χ1) is 10.1. The lowest BCUT2D eigenvalue weighted by Gasteiger charge is -2.12. The number of hydrogen-bond acceptors (Lipinski definition) is 4. The zero-order valence-corrected chi connectivity index (χ0v) is 13.1. The Hall–Kier alpha value is -1.11. The lowest BCUT2D eigenvalue weighted by molar-refractivity contribution is 0.407. The summed E-state index contributed by atoms with van der Waals surface area (Å²) in [5.74, 6) is 1.25. The van der Waals surface area contributed by atoms with Crippen molar-refractivity contribution in [2.45, 2.75) is 43.2 Å². The lowest BCUT2D eigenvalue weighted by atomic mass is 10.2. The van der Waals surface area contributed by atoms with E-state index in [0.717, 1.165) is 24.2 Å². The number of hydrogen-bond donors (Lipinski definition) is 2. The summed E-state index contributed by atoms with van der Waals surface area (Å²) >= 11 is 0. The van der Waals surface area contributed by atoms with E-state index >= 15 is 0 Å². The topological polar surface area (TPSA) is 67.4 Å². The second kappa shape index (κ2) is 5.94. The van der Waals surface area contributed by atoms with E-state index in [2.05, 4.69) is 10.0 Å². The Morgan fingerprint density at radius 1 is 1.24 bits per heavy atom. The van der Waals surface area contributed by atoms with Crippen molar-refractivity contribution in [3.8, 4) is 5.75 Å². The minimum absolute atomic E-state index is 0.316. The molecule has 0 radical (unpaired) electrons. The zero-order chi connectivity index (χ0) is 14.9. The zero-order valence-electron chi connectivity index (χ0n) is 12.3. The van der Waals surface area contributed by atoms with Gasteiger partial charge in [-0.05, 0) is 49.8 Å². The highest BCUT2D eigenvalue weighted by molar-refractivity contribution is 7.89. The molecular formula is C15H22N2O3S. The number of benzene rings is 1. The van der Waals surface area contributed by atoms with E-state index in [-0.39, 0.29) is 0 Å². The minimum Gasteiger partial charge on any atom is -0.496 e. The van der Waals surface area contributed by atoms with Gasteiger partial charge in [0.2, 0.25) is 10.0 Å². The van der Waals surface area contributed by atoms with Crippen LogP contribution in [0.3, 0.4) is 0 Å². The fourth-order valence-electron chi connectivity index (χ4n) is 2.23. The number of rotatable bonds is 8. The van der Waals surface area contributed by atoms with Crippen molar-refractivity contribution in [2.75, 3.05) is 13.7 Å². The van der Waals surface area contributed by atoms with Crippen molar-refractivity contribution >= 4 is 10.0 Å². The Morgan fingerprint density at radius 2 is 2.00 bits per heavy atom. The molecule has 0 saturated heterocycles. The number of sulfonamides is 1. The van der Waals surface area contributed by atoms with Gasteiger partial charge in [-0.2, -0.15) is 0 Å². The highest BCUT2D eigenvalue weighted by Crippen LogP contribution is 2.29. The number of ether oxygens (including phenoxy) is 1. The monoisotopic (exact) mass is 310 g/mol. The number of methoxy groups -OCH3 is 1. The van der Waals surface area contributed by atoms with Crippen LogP contribution in [0.4, 0.5) is 0 Å². The Kier molecular flexibility index (Phi) is 4.19. The van der Waals surface area contributed by atoms with Gasteiger partial charge in [0.25, 0.3) is 0 Å². The molecule has 0 amide bonds. The second-order valence-electron chi connectivity index (χ2n) is 5.92. The Bertz CT molecular complexity index is 607. The van der Waals surface area contributed by atoms with Crippen LogP contribution in [0.2, 0.25) is 0 Å². The molecule has 116 valence electrons. The number of nitrogens with one attached hydrogen (secondary N) is 2. The Labute approximate surface area is 126 Å². The van der Waals surface area contributed by atoms with Gasteiger partial charge in [-0.3, -0.25) is 0 Å².